The number of aliphatic hydroxyl groups is 4. The highest BCUT2D eigenvalue weighted by molar-refractivity contribution is 5.98. The van der Waals surface area contributed by atoms with Crippen LogP contribution in [0, 0.1) is 13.8 Å². The minimum atomic E-state index is -2.08. The molecule has 1 fully saturated rings. The molecule has 298 valence electrons. The van der Waals surface area contributed by atoms with Gasteiger partial charge in [-0.25, -0.2) is 4.79 Å². The van der Waals surface area contributed by atoms with E-state index in [2.05, 4.69) is 20.9 Å². The second-order valence-electron chi connectivity index (χ2n) is 14.2. The standard InChI is InChI=1S/C41H48N4O11/c1-22-14-29(15-23(2)35(22)50)39(53)43-21-33(49)36(51)37-34(44-24(3)47)32(48)19-41(56-37,40(54)55)12-5-8-25-6-4-7-26(16-25)20-42-38(52)27-9-10-31-28(17-27)18-30(45-31)11-13-46/h4-10,14-18,32-34,36-37,45-46,48-51H,11-13,19-21H2,1-3H3,(H,42,52)(H,43,53)(H,44,47)(H,54,55)/b8-5+/t32-,33+,34+,36+,37+,41+/m0/s1. The van der Waals surface area contributed by atoms with Gasteiger partial charge < -0.3 is 56.3 Å². The van der Waals surface area contributed by atoms with Crippen LogP contribution in [0.4, 0.5) is 0 Å². The number of phenols is 1. The fourth-order valence-electron chi connectivity index (χ4n) is 6.91. The number of aromatic hydroxyl groups is 1. The lowest BCUT2D eigenvalue weighted by atomic mass is 9.81. The van der Waals surface area contributed by atoms with E-state index in [9.17, 15) is 49.8 Å². The molecule has 0 unspecified atom stereocenters. The number of fused-ring (bicyclic) bond motifs is 1. The number of aryl methyl sites for hydroxylation is 2. The minimum absolute atomic E-state index is 0.00946. The van der Waals surface area contributed by atoms with Crippen molar-refractivity contribution in [3.05, 3.63) is 106 Å². The SMILES string of the molecule is CC(=O)N[C@H]1[C@H]([C@H](O)[C@H](O)CNC(=O)c2cc(C)c(O)c(C)c2)O[C@@](C/C=C/c2cccc(CNC(=O)c3ccc4[nH]c(CCO)cc4c3)c2)(C(=O)O)C[C@@H]1O. The van der Waals surface area contributed by atoms with E-state index in [1.807, 2.05) is 24.3 Å². The smallest absolute Gasteiger partial charge is 0.336 e. The van der Waals surface area contributed by atoms with Crippen LogP contribution in [0.15, 0.2) is 66.7 Å². The molecule has 6 atom stereocenters. The van der Waals surface area contributed by atoms with Crippen molar-refractivity contribution in [1.29, 1.82) is 0 Å². The summed E-state index contributed by atoms with van der Waals surface area (Å²) in [5.74, 6) is -2.88. The van der Waals surface area contributed by atoms with Gasteiger partial charge in [0.05, 0.1) is 18.2 Å². The summed E-state index contributed by atoms with van der Waals surface area (Å²) >= 11 is 0. The number of nitrogens with one attached hydrogen (secondary N) is 4. The Balaban J connectivity index is 1.25. The first-order valence-electron chi connectivity index (χ1n) is 18.2. The topological polar surface area (TPSA) is 251 Å². The zero-order valence-electron chi connectivity index (χ0n) is 31.3. The Morgan fingerprint density at radius 3 is 2.38 bits per heavy atom. The molecule has 0 saturated carbocycles. The molecule has 0 spiro atoms. The molecule has 0 aliphatic carbocycles. The number of carboxylic acid groups (broad SMARTS) is 1. The van der Waals surface area contributed by atoms with Gasteiger partial charge in [-0.2, -0.15) is 0 Å². The van der Waals surface area contributed by atoms with Crippen molar-refractivity contribution in [3.63, 3.8) is 0 Å². The van der Waals surface area contributed by atoms with Gasteiger partial charge in [0.1, 0.15) is 18.0 Å². The fourth-order valence-corrected chi connectivity index (χ4v) is 6.91. The molecule has 0 bridgehead atoms. The molecule has 1 saturated heterocycles. The van der Waals surface area contributed by atoms with Gasteiger partial charge in [-0.05, 0) is 78.6 Å². The lowest BCUT2D eigenvalue weighted by molar-refractivity contribution is -0.226. The van der Waals surface area contributed by atoms with E-state index in [1.54, 1.807) is 44.2 Å². The summed E-state index contributed by atoms with van der Waals surface area (Å²) < 4.78 is 6.01. The predicted octanol–water partition coefficient (Wildman–Crippen LogP) is 1.99. The number of ether oxygens (including phenoxy) is 1. The van der Waals surface area contributed by atoms with Gasteiger partial charge in [0.25, 0.3) is 11.8 Å². The second-order valence-corrected chi connectivity index (χ2v) is 14.2. The van der Waals surface area contributed by atoms with E-state index in [0.29, 0.717) is 28.7 Å². The Hall–Kier alpha value is -5.58. The van der Waals surface area contributed by atoms with Gasteiger partial charge in [-0.1, -0.05) is 30.4 Å². The van der Waals surface area contributed by atoms with Crippen LogP contribution in [0.25, 0.3) is 17.0 Å². The monoisotopic (exact) mass is 772 g/mol. The highest BCUT2D eigenvalue weighted by atomic mass is 16.6. The summed E-state index contributed by atoms with van der Waals surface area (Å²) in [4.78, 5) is 53.8. The third kappa shape index (κ3) is 9.80. The first-order chi connectivity index (χ1) is 26.6. The summed E-state index contributed by atoms with van der Waals surface area (Å²) in [6, 6.07) is 16.0. The minimum Gasteiger partial charge on any atom is -0.507 e. The van der Waals surface area contributed by atoms with Gasteiger partial charge in [0, 0.05) is 73.6 Å². The number of carbonyl (C=O) groups excluding carboxylic acids is 3. The number of hydrogen-bond acceptors (Lipinski definition) is 10. The first-order valence-corrected chi connectivity index (χ1v) is 18.2. The first kappa shape index (κ1) is 41.6. The van der Waals surface area contributed by atoms with Gasteiger partial charge >= 0.3 is 5.97 Å². The lowest BCUT2D eigenvalue weighted by Gasteiger charge is -2.47. The molecule has 4 aromatic rings. The van der Waals surface area contributed by atoms with Crippen molar-refractivity contribution >= 4 is 40.7 Å². The molecule has 5 rings (SSSR count). The Labute approximate surface area is 323 Å². The van der Waals surface area contributed by atoms with Crippen LogP contribution in [0.2, 0.25) is 0 Å². The highest BCUT2D eigenvalue weighted by Crippen LogP contribution is 2.35. The summed E-state index contributed by atoms with van der Waals surface area (Å²) in [6.45, 7) is 4.14. The van der Waals surface area contributed by atoms with E-state index in [4.69, 9.17) is 4.74 Å². The molecule has 3 amide bonds. The summed E-state index contributed by atoms with van der Waals surface area (Å²) in [7, 11) is 0. The van der Waals surface area contributed by atoms with E-state index >= 15 is 0 Å². The van der Waals surface area contributed by atoms with Crippen molar-refractivity contribution in [2.75, 3.05) is 13.2 Å². The Morgan fingerprint density at radius 1 is 0.982 bits per heavy atom. The van der Waals surface area contributed by atoms with Gasteiger partial charge in [0.2, 0.25) is 5.91 Å². The fraction of sp³-hybridized carbons (Fsp3) is 0.366. The maximum atomic E-state index is 13.0. The summed E-state index contributed by atoms with van der Waals surface area (Å²) in [5.41, 5.74) is 2.69. The average molecular weight is 773 g/mol. The molecule has 15 heteroatoms. The molecule has 1 aliphatic heterocycles. The Kier molecular flexibility index (Phi) is 13.3. The van der Waals surface area contributed by atoms with Crippen LogP contribution in [0.1, 0.15) is 68.4 Å². The molecule has 15 nitrogen and oxygen atoms in total. The van der Waals surface area contributed by atoms with Crippen LogP contribution < -0.4 is 16.0 Å². The van der Waals surface area contributed by atoms with E-state index < -0.39 is 66.8 Å². The third-order valence-corrected chi connectivity index (χ3v) is 9.87. The Morgan fingerprint density at radius 2 is 1.70 bits per heavy atom. The highest BCUT2D eigenvalue weighted by Gasteiger charge is 2.54. The van der Waals surface area contributed by atoms with Crippen LogP contribution in [-0.4, -0.2) is 109 Å². The number of H-pyrrole nitrogens is 1. The number of carboxylic acids is 1. The second kappa shape index (κ2) is 17.9. The lowest BCUT2D eigenvalue weighted by Crippen LogP contribution is -2.67. The molecule has 2 heterocycles. The molecule has 0 radical (unpaired) electrons. The summed E-state index contributed by atoms with van der Waals surface area (Å²) in [5, 5.41) is 71.7. The molecule has 1 aliphatic rings. The van der Waals surface area contributed by atoms with E-state index in [-0.39, 0.29) is 36.8 Å². The van der Waals surface area contributed by atoms with E-state index in [0.717, 1.165) is 22.2 Å². The van der Waals surface area contributed by atoms with Gasteiger partial charge in [-0.3, -0.25) is 14.4 Å². The molecule has 10 N–H and O–H groups in total. The zero-order chi connectivity index (χ0) is 40.7. The number of amides is 3. The average Bonchev–Trinajstić information content (AvgIpc) is 3.57. The normalized spacial score (nSPS) is 20.7. The maximum absolute atomic E-state index is 13.0. The number of aromatic amines is 1. The number of aromatic nitrogens is 1. The number of phenolic OH excluding ortho intramolecular Hbond substituents is 1. The van der Waals surface area contributed by atoms with Crippen LogP contribution >= 0.6 is 0 Å². The quantitative estimate of drug-likeness (QED) is 0.0837. The van der Waals surface area contributed by atoms with Crippen molar-refractivity contribution in [2.45, 2.75) is 82.6 Å². The van der Waals surface area contributed by atoms with Crippen LogP contribution in [0.3, 0.4) is 0 Å². The molecule has 1 aromatic heterocycles. The Bertz CT molecular complexity index is 2090. The van der Waals surface area contributed by atoms with Crippen molar-refractivity contribution < 1.29 is 54.6 Å². The van der Waals surface area contributed by atoms with E-state index in [1.165, 1.54) is 25.1 Å². The van der Waals surface area contributed by atoms with Gasteiger partial charge in [-0.15, -0.1) is 0 Å². The largest absolute Gasteiger partial charge is 0.507 e. The van der Waals surface area contributed by atoms with Gasteiger partial charge in [0.15, 0.2) is 5.60 Å². The molecular formula is C41H48N4O11. The predicted molar refractivity (Wildman–Crippen MR) is 206 cm³/mol. The summed E-state index contributed by atoms with van der Waals surface area (Å²) in [6.07, 6.45) is -3.76. The van der Waals surface area contributed by atoms with Crippen molar-refractivity contribution in [2.24, 2.45) is 0 Å². The molecular weight excluding hydrogens is 724 g/mol. The van der Waals surface area contributed by atoms with Crippen molar-refractivity contribution in [3.8, 4) is 5.75 Å². The van der Waals surface area contributed by atoms with Crippen LogP contribution in [0.5, 0.6) is 5.75 Å². The number of benzene rings is 3. The molecule has 3 aromatic carbocycles. The van der Waals surface area contributed by atoms with Crippen LogP contribution in [-0.2, 0) is 27.3 Å². The van der Waals surface area contributed by atoms with Crippen molar-refractivity contribution in [1.82, 2.24) is 20.9 Å². The molecule has 56 heavy (non-hydrogen) atoms. The number of aliphatic carboxylic acids is 1. The third-order valence-electron chi connectivity index (χ3n) is 9.87. The zero-order valence-corrected chi connectivity index (χ0v) is 31.3. The number of rotatable bonds is 15. The number of carbonyl (C=O) groups is 4. The number of aliphatic hydroxyl groups excluding tert-OH is 4. The number of hydrogen-bond donors (Lipinski definition) is 10. The maximum Gasteiger partial charge on any atom is 0.336 e.